The molecule has 25 heavy (non-hydrogen) atoms. The zero-order chi connectivity index (χ0) is 18.3. The van der Waals surface area contributed by atoms with E-state index in [1.807, 2.05) is 31.4 Å². The third-order valence-corrected chi connectivity index (χ3v) is 4.69. The molecular formula is C17H23N6O2+. The van der Waals surface area contributed by atoms with Crippen molar-refractivity contribution in [2.24, 2.45) is 10.1 Å². The van der Waals surface area contributed by atoms with Gasteiger partial charge in [0.25, 0.3) is 5.91 Å². The van der Waals surface area contributed by atoms with E-state index < -0.39 is 6.04 Å². The van der Waals surface area contributed by atoms with Gasteiger partial charge in [-0.25, -0.2) is 9.37 Å². The van der Waals surface area contributed by atoms with Gasteiger partial charge in [-0.3, -0.25) is 14.6 Å². The van der Waals surface area contributed by atoms with Crippen molar-refractivity contribution in [1.29, 1.82) is 0 Å². The maximum absolute atomic E-state index is 13.1. The molecule has 1 fully saturated rings. The van der Waals surface area contributed by atoms with Gasteiger partial charge in [-0.2, -0.15) is 0 Å². The van der Waals surface area contributed by atoms with Crippen LogP contribution >= 0.6 is 0 Å². The number of amides is 3. The van der Waals surface area contributed by atoms with E-state index in [0.29, 0.717) is 18.3 Å². The molecule has 3 aliphatic heterocycles. The summed E-state index contributed by atoms with van der Waals surface area (Å²) < 4.78 is 1.94. The Balaban J connectivity index is 2.06. The third kappa shape index (κ3) is 2.48. The number of imide groups is 1. The van der Waals surface area contributed by atoms with Crippen LogP contribution < -0.4 is 0 Å². The number of hydrogen-bond acceptors (Lipinski definition) is 5. The van der Waals surface area contributed by atoms with Crippen molar-refractivity contribution in [2.45, 2.75) is 32.9 Å². The van der Waals surface area contributed by atoms with Crippen LogP contribution in [0, 0.1) is 0 Å². The van der Waals surface area contributed by atoms with Crippen molar-refractivity contribution in [1.82, 2.24) is 14.8 Å². The van der Waals surface area contributed by atoms with Crippen molar-refractivity contribution in [3.05, 3.63) is 24.8 Å². The van der Waals surface area contributed by atoms with Gasteiger partial charge in [0.2, 0.25) is 11.9 Å². The number of fused-ring (bicyclic) bond motifs is 2. The Morgan fingerprint density at radius 2 is 2.04 bits per heavy atom. The van der Waals surface area contributed by atoms with Crippen LogP contribution in [-0.4, -0.2) is 81.1 Å². The normalized spacial score (nSPS) is 26.2. The van der Waals surface area contributed by atoms with E-state index in [1.165, 1.54) is 9.80 Å². The van der Waals surface area contributed by atoms with Crippen molar-refractivity contribution < 1.29 is 14.2 Å². The average molecular weight is 343 g/mol. The van der Waals surface area contributed by atoms with Gasteiger partial charge >= 0.3 is 12.0 Å². The molecule has 1 saturated heterocycles. The second-order valence-corrected chi connectivity index (χ2v) is 6.23. The van der Waals surface area contributed by atoms with Crippen LogP contribution in [0.5, 0.6) is 0 Å². The first kappa shape index (κ1) is 17.1. The molecule has 2 unspecified atom stereocenters. The number of allylic oxidation sites excluding steroid dienone is 1. The molecule has 0 aromatic carbocycles. The smallest absolute Gasteiger partial charge is 0.270 e. The summed E-state index contributed by atoms with van der Waals surface area (Å²) in [4.78, 5) is 32.9. The fraction of sp³-hybridized carbons (Fsp3) is 0.471. The second-order valence-electron chi connectivity index (χ2n) is 6.23. The van der Waals surface area contributed by atoms with Crippen LogP contribution in [0.25, 0.3) is 0 Å². The number of hydrazone groups is 1. The molecule has 0 saturated carbocycles. The molecule has 132 valence electrons. The Morgan fingerprint density at radius 1 is 1.32 bits per heavy atom. The maximum Gasteiger partial charge on any atom is 0.417 e. The second kappa shape index (κ2) is 6.27. The summed E-state index contributed by atoms with van der Waals surface area (Å²) in [6.45, 7) is 10.3. The first-order valence-electron chi connectivity index (χ1n) is 8.30. The molecule has 3 rings (SSSR count). The quantitative estimate of drug-likeness (QED) is 0.562. The summed E-state index contributed by atoms with van der Waals surface area (Å²) >= 11 is 0. The van der Waals surface area contributed by atoms with E-state index in [-0.39, 0.29) is 24.5 Å². The van der Waals surface area contributed by atoms with Gasteiger partial charge in [0.05, 0.1) is 5.71 Å². The number of urea groups is 1. The molecule has 0 spiro atoms. The highest BCUT2D eigenvalue weighted by molar-refractivity contribution is 6.23. The largest absolute Gasteiger partial charge is 0.417 e. The molecule has 0 bridgehead atoms. The first-order valence-corrected chi connectivity index (χ1v) is 8.30. The molecule has 0 N–H and O–H groups in total. The molecule has 0 radical (unpaired) electrons. The summed E-state index contributed by atoms with van der Waals surface area (Å²) in [5.74, 6) is 0.779. The number of carbonyl (C=O) groups is 2. The number of amidine groups is 1. The lowest BCUT2D eigenvalue weighted by Gasteiger charge is -2.35. The Hall–Kier alpha value is -2.77. The van der Waals surface area contributed by atoms with Crippen LogP contribution in [0.2, 0.25) is 0 Å². The minimum Gasteiger partial charge on any atom is -0.270 e. The number of guanidine groups is 1. The highest BCUT2D eigenvalue weighted by Crippen LogP contribution is 2.25. The van der Waals surface area contributed by atoms with E-state index in [9.17, 15) is 9.59 Å². The van der Waals surface area contributed by atoms with Crippen LogP contribution in [0.1, 0.15) is 20.8 Å². The van der Waals surface area contributed by atoms with Gasteiger partial charge in [0.1, 0.15) is 12.6 Å². The van der Waals surface area contributed by atoms with E-state index in [0.717, 1.165) is 5.71 Å². The van der Waals surface area contributed by atoms with Gasteiger partial charge in [-0.1, -0.05) is 29.8 Å². The van der Waals surface area contributed by atoms with Gasteiger partial charge in [-0.05, 0) is 20.8 Å². The fourth-order valence-corrected chi connectivity index (χ4v) is 3.20. The lowest BCUT2D eigenvalue weighted by Crippen LogP contribution is -2.64. The zero-order valence-corrected chi connectivity index (χ0v) is 15.0. The minimum atomic E-state index is -0.615. The summed E-state index contributed by atoms with van der Waals surface area (Å²) in [7, 11) is 1.65. The topological polar surface area (TPSA) is 71.6 Å². The average Bonchev–Trinajstić information content (AvgIpc) is 2.99. The van der Waals surface area contributed by atoms with Crippen molar-refractivity contribution in [2.75, 3.05) is 20.1 Å². The Bertz CT molecular complexity index is 763. The van der Waals surface area contributed by atoms with Crippen molar-refractivity contribution in [3.63, 3.8) is 0 Å². The third-order valence-electron chi connectivity index (χ3n) is 4.69. The summed E-state index contributed by atoms with van der Waals surface area (Å²) in [5.41, 5.74) is 0.884. The maximum atomic E-state index is 13.1. The number of likely N-dealkylation sites (N-methyl/N-ethyl adjacent to an activating group) is 1. The van der Waals surface area contributed by atoms with Gasteiger partial charge < -0.3 is 0 Å². The number of rotatable bonds is 4. The van der Waals surface area contributed by atoms with Crippen molar-refractivity contribution >= 4 is 29.4 Å². The molecule has 0 aliphatic carbocycles. The Labute approximate surface area is 147 Å². The fourth-order valence-electron chi connectivity index (χ4n) is 3.20. The molecule has 3 heterocycles. The molecular weight excluding hydrogens is 320 g/mol. The van der Waals surface area contributed by atoms with E-state index in [2.05, 4.69) is 16.7 Å². The number of hydrogen-bond donors (Lipinski definition) is 0. The van der Waals surface area contributed by atoms with E-state index >= 15 is 0 Å². The van der Waals surface area contributed by atoms with Crippen LogP contribution in [0.4, 0.5) is 4.79 Å². The molecule has 3 aliphatic rings. The molecule has 2 atom stereocenters. The summed E-state index contributed by atoms with van der Waals surface area (Å²) in [5, 5.41) is 6.26. The Morgan fingerprint density at radius 3 is 2.68 bits per heavy atom. The predicted molar refractivity (Wildman–Crippen MR) is 95.7 cm³/mol. The summed E-state index contributed by atoms with van der Waals surface area (Å²) in [6, 6.07) is -1.06. The summed E-state index contributed by atoms with van der Waals surface area (Å²) in [6.07, 6.45) is 5.35. The van der Waals surface area contributed by atoms with Crippen LogP contribution in [0.15, 0.2) is 34.9 Å². The molecule has 0 aromatic rings. The van der Waals surface area contributed by atoms with Crippen LogP contribution in [0.3, 0.4) is 0 Å². The van der Waals surface area contributed by atoms with E-state index in [1.54, 1.807) is 24.2 Å². The van der Waals surface area contributed by atoms with Crippen LogP contribution in [-0.2, 0) is 4.79 Å². The highest BCUT2D eigenvalue weighted by Gasteiger charge is 2.55. The standard InChI is InChI=1S/C17H23N6O2/c1-6-8-10-21-15(24)13-14(20(5)17(21)25)18-16-22(9-7-2)19-11(3)12(4)23(13)16/h6-8,12-13H,2,9-10H2,1,3-5H3/q+1/b8-6+. The Kier molecular flexibility index (Phi) is 4.28. The lowest BCUT2D eigenvalue weighted by molar-refractivity contribution is -0.559. The van der Waals surface area contributed by atoms with Gasteiger partial charge in [0.15, 0.2) is 0 Å². The molecule has 0 aromatic heterocycles. The molecule has 3 amide bonds. The number of aliphatic imine (C=N–C) groups is 1. The molecule has 8 heteroatoms. The van der Waals surface area contributed by atoms with Crippen molar-refractivity contribution in [3.8, 4) is 0 Å². The lowest BCUT2D eigenvalue weighted by atomic mass is 10.1. The van der Waals surface area contributed by atoms with Gasteiger partial charge in [0, 0.05) is 13.6 Å². The zero-order valence-electron chi connectivity index (χ0n) is 15.0. The number of carbonyl (C=O) groups excluding carboxylic acids is 2. The molecule has 8 nitrogen and oxygen atoms in total. The monoisotopic (exact) mass is 343 g/mol. The van der Waals surface area contributed by atoms with E-state index in [4.69, 9.17) is 0 Å². The highest BCUT2D eigenvalue weighted by atomic mass is 16.2. The number of nitrogens with zero attached hydrogens (tertiary/aromatic N) is 6. The predicted octanol–water partition coefficient (Wildman–Crippen LogP) is 0.872. The SMILES string of the molecule is C=CCN1N=C(C)C(C)[N+]2=C1N=C1C2C(=O)N(C/C=C/C)C(=O)N1C. The first-order chi connectivity index (χ1) is 11.9. The minimum absolute atomic E-state index is 0.0866. The van der Waals surface area contributed by atoms with Gasteiger partial charge in [-0.15, -0.1) is 10.1 Å².